The highest BCUT2D eigenvalue weighted by molar-refractivity contribution is 7.14. The van der Waals surface area contributed by atoms with Gasteiger partial charge in [0.05, 0.1) is 17.0 Å². The Bertz CT molecular complexity index is 952. The van der Waals surface area contributed by atoms with Gasteiger partial charge in [-0.2, -0.15) is 5.10 Å². The molecule has 0 radical (unpaired) electrons. The molecular weight excluding hydrogens is 358 g/mol. The molecule has 0 atom stereocenters. The summed E-state index contributed by atoms with van der Waals surface area (Å²) >= 11 is 1.10. The third-order valence-corrected chi connectivity index (χ3v) is 4.58. The number of hydrogen-bond acceptors (Lipinski definition) is 4. The molecule has 0 fully saturated rings. The molecule has 26 heavy (non-hydrogen) atoms. The van der Waals surface area contributed by atoms with Gasteiger partial charge in [-0.15, -0.1) is 11.3 Å². The van der Waals surface area contributed by atoms with Crippen molar-refractivity contribution in [2.24, 2.45) is 7.05 Å². The van der Waals surface area contributed by atoms with Crippen molar-refractivity contribution in [1.82, 2.24) is 14.8 Å². The quantitative estimate of drug-likeness (QED) is 0.738. The fraction of sp³-hybridized carbons (Fsp3) is 0.278. The third-order valence-electron chi connectivity index (χ3n) is 3.82. The zero-order valence-electron chi connectivity index (χ0n) is 14.8. The number of anilines is 1. The third kappa shape index (κ3) is 3.50. The summed E-state index contributed by atoms with van der Waals surface area (Å²) in [5.41, 5.74) is 0.913. The maximum Gasteiger partial charge on any atom is 0.275 e. The van der Waals surface area contributed by atoms with E-state index < -0.39 is 11.6 Å². The zero-order chi connectivity index (χ0) is 19.1. The number of amides is 1. The van der Waals surface area contributed by atoms with Crippen LogP contribution in [0.5, 0.6) is 0 Å². The van der Waals surface area contributed by atoms with E-state index in [1.54, 1.807) is 13.1 Å². The Morgan fingerprint density at radius 2 is 1.88 bits per heavy atom. The predicted molar refractivity (Wildman–Crippen MR) is 97.3 cm³/mol. The van der Waals surface area contributed by atoms with Crippen LogP contribution in [0, 0.1) is 11.6 Å². The number of hydrogen-bond donors (Lipinski definition) is 1. The van der Waals surface area contributed by atoms with Gasteiger partial charge in [0.25, 0.3) is 5.91 Å². The first-order valence-electron chi connectivity index (χ1n) is 7.92. The van der Waals surface area contributed by atoms with Crippen LogP contribution < -0.4 is 5.32 Å². The average molecular weight is 376 g/mol. The highest BCUT2D eigenvalue weighted by Crippen LogP contribution is 2.29. The molecule has 1 aromatic carbocycles. The van der Waals surface area contributed by atoms with Crippen LogP contribution in [0.2, 0.25) is 0 Å². The van der Waals surface area contributed by atoms with Gasteiger partial charge in [-0.05, 0) is 18.2 Å². The maximum atomic E-state index is 13.9. The number of rotatable bonds is 3. The molecule has 5 nitrogen and oxygen atoms in total. The Balaban J connectivity index is 1.84. The second-order valence-electron chi connectivity index (χ2n) is 6.88. The summed E-state index contributed by atoms with van der Waals surface area (Å²) in [7, 11) is 1.69. The molecule has 0 aliphatic carbocycles. The summed E-state index contributed by atoms with van der Waals surface area (Å²) in [6.07, 6.45) is 0. The van der Waals surface area contributed by atoms with Crippen molar-refractivity contribution in [2.45, 2.75) is 26.2 Å². The number of carbonyl (C=O) groups is 1. The summed E-state index contributed by atoms with van der Waals surface area (Å²) in [5, 5.41) is 8.77. The number of carbonyl (C=O) groups excluding carboxylic acids is 1. The summed E-state index contributed by atoms with van der Waals surface area (Å²) in [6, 6.07) is 5.35. The molecule has 8 heteroatoms. The normalized spacial score (nSPS) is 11.6. The van der Waals surface area contributed by atoms with E-state index in [-0.39, 0.29) is 27.7 Å². The second kappa shape index (κ2) is 6.60. The van der Waals surface area contributed by atoms with Crippen LogP contribution in [0.3, 0.4) is 0 Å². The van der Waals surface area contributed by atoms with Crippen molar-refractivity contribution in [3.05, 3.63) is 52.7 Å². The molecular formula is C18H18F2N4OS. The first kappa shape index (κ1) is 18.2. The van der Waals surface area contributed by atoms with Crippen LogP contribution in [0.25, 0.3) is 11.3 Å². The van der Waals surface area contributed by atoms with Crippen LogP contribution in [0.15, 0.2) is 29.6 Å². The van der Waals surface area contributed by atoms with Gasteiger partial charge in [0.15, 0.2) is 5.13 Å². The number of nitrogens with zero attached hydrogens (tertiary/aromatic N) is 3. The van der Waals surface area contributed by atoms with Crippen molar-refractivity contribution in [3.63, 3.8) is 0 Å². The van der Waals surface area contributed by atoms with Gasteiger partial charge in [-0.3, -0.25) is 14.8 Å². The van der Waals surface area contributed by atoms with E-state index in [4.69, 9.17) is 0 Å². The Hall–Kier alpha value is -2.61. The van der Waals surface area contributed by atoms with E-state index in [9.17, 15) is 13.6 Å². The lowest BCUT2D eigenvalue weighted by atomic mass is 9.92. The van der Waals surface area contributed by atoms with Crippen molar-refractivity contribution < 1.29 is 13.6 Å². The summed E-state index contributed by atoms with van der Waals surface area (Å²) in [4.78, 5) is 16.6. The largest absolute Gasteiger partial charge is 0.296 e. The maximum absolute atomic E-state index is 13.9. The van der Waals surface area contributed by atoms with Gasteiger partial charge in [0.1, 0.15) is 17.3 Å². The first-order valence-corrected chi connectivity index (χ1v) is 8.80. The van der Waals surface area contributed by atoms with E-state index in [1.165, 1.54) is 28.3 Å². The number of aryl methyl sites for hydroxylation is 1. The molecule has 2 aromatic heterocycles. The predicted octanol–water partition coefficient (Wildman–Crippen LogP) is 4.37. The van der Waals surface area contributed by atoms with E-state index in [0.29, 0.717) is 5.69 Å². The van der Waals surface area contributed by atoms with Gasteiger partial charge in [-0.1, -0.05) is 26.8 Å². The number of thiazole rings is 1. The van der Waals surface area contributed by atoms with E-state index in [0.717, 1.165) is 17.0 Å². The highest BCUT2D eigenvalue weighted by atomic mass is 32.1. The van der Waals surface area contributed by atoms with Crippen LogP contribution >= 0.6 is 11.3 Å². The van der Waals surface area contributed by atoms with Crippen LogP contribution in [-0.4, -0.2) is 20.7 Å². The molecule has 0 spiro atoms. The minimum Gasteiger partial charge on any atom is -0.296 e. The monoisotopic (exact) mass is 376 g/mol. The summed E-state index contributed by atoms with van der Waals surface area (Å²) in [5.74, 6) is -1.78. The van der Waals surface area contributed by atoms with E-state index >= 15 is 0 Å². The molecule has 0 saturated carbocycles. The topological polar surface area (TPSA) is 59.8 Å². The lowest BCUT2D eigenvalue weighted by molar-refractivity contribution is 0.101. The summed E-state index contributed by atoms with van der Waals surface area (Å²) < 4.78 is 29.2. The number of halogens is 2. The lowest BCUT2D eigenvalue weighted by Gasteiger charge is -2.13. The molecule has 0 aliphatic heterocycles. The van der Waals surface area contributed by atoms with Crippen molar-refractivity contribution in [2.75, 3.05) is 5.32 Å². The Labute approximate surface area is 153 Å². The molecule has 0 bridgehead atoms. The molecule has 1 N–H and O–H groups in total. The highest BCUT2D eigenvalue weighted by Gasteiger charge is 2.22. The molecule has 3 rings (SSSR count). The van der Waals surface area contributed by atoms with Crippen molar-refractivity contribution in [1.29, 1.82) is 0 Å². The minimum absolute atomic E-state index is 0.140. The molecule has 2 heterocycles. The van der Waals surface area contributed by atoms with Gasteiger partial charge < -0.3 is 0 Å². The molecule has 0 saturated heterocycles. The standard InChI is InChI=1S/C18H18F2N4OS/c1-18(2,3)14-8-13(24(4)23-14)16(25)22-17-21-12(9-26-17)15-10(19)6-5-7-11(15)20/h5-9H,1-4H3,(H,21,22,25). The number of benzene rings is 1. The van der Waals surface area contributed by atoms with Gasteiger partial charge in [0.2, 0.25) is 0 Å². The smallest absolute Gasteiger partial charge is 0.275 e. The average Bonchev–Trinajstić information content (AvgIpc) is 3.13. The van der Waals surface area contributed by atoms with Crippen LogP contribution in [0.1, 0.15) is 37.0 Å². The summed E-state index contributed by atoms with van der Waals surface area (Å²) in [6.45, 7) is 6.02. The fourth-order valence-corrected chi connectivity index (χ4v) is 3.09. The fourth-order valence-electron chi connectivity index (χ4n) is 2.40. The zero-order valence-corrected chi connectivity index (χ0v) is 15.6. The Kier molecular flexibility index (Phi) is 4.62. The Morgan fingerprint density at radius 1 is 1.23 bits per heavy atom. The number of nitrogens with one attached hydrogen (secondary N) is 1. The molecule has 1 amide bonds. The second-order valence-corrected chi connectivity index (χ2v) is 7.74. The van der Waals surface area contributed by atoms with Crippen molar-refractivity contribution in [3.8, 4) is 11.3 Å². The molecule has 3 aromatic rings. The number of aromatic nitrogens is 3. The van der Waals surface area contributed by atoms with Crippen LogP contribution in [-0.2, 0) is 12.5 Å². The van der Waals surface area contributed by atoms with Crippen molar-refractivity contribution >= 4 is 22.4 Å². The van der Waals surface area contributed by atoms with Gasteiger partial charge >= 0.3 is 0 Å². The first-order chi connectivity index (χ1) is 12.2. The van der Waals surface area contributed by atoms with E-state index in [2.05, 4.69) is 15.4 Å². The molecule has 0 unspecified atom stereocenters. The van der Waals surface area contributed by atoms with Crippen LogP contribution in [0.4, 0.5) is 13.9 Å². The molecule has 0 aliphatic rings. The lowest BCUT2D eigenvalue weighted by Crippen LogP contribution is -2.15. The van der Waals surface area contributed by atoms with Gasteiger partial charge in [0, 0.05) is 17.8 Å². The SMILES string of the molecule is Cn1nc(C(C)(C)C)cc1C(=O)Nc1nc(-c2c(F)cccc2F)cs1. The minimum atomic E-state index is -0.699. The van der Waals surface area contributed by atoms with Gasteiger partial charge in [-0.25, -0.2) is 13.8 Å². The molecule has 136 valence electrons. The Morgan fingerprint density at radius 3 is 2.46 bits per heavy atom. The van der Waals surface area contributed by atoms with E-state index in [1.807, 2.05) is 20.8 Å².